The third-order valence-corrected chi connectivity index (χ3v) is 2.61. The number of rotatable bonds is 2. The molecule has 0 unspecified atom stereocenters. The van der Waals surface area contributed by atoms with Crippen molar-refractivity contribution in [1.29, 1.82) is 0 Å². The predicted molar refractivity (Wildman–Crippen MR) is 68.9 cm³/mol. The number of hydrogen-bond donors (Lipinski definition) is 3. The molecule has 0 heterocycles. The largest absolute Gasteiger partial charge is 0.507 e. The number of halogens is 1. The number of carbonyl (C=O) groups excluding carboxylic acids is 1. The molecule has 98 valence electrons. The molecule has 4 nitrogen and oxygen atoms in total. The third kappa shape index (κ3) is 2.82. The number of aromatic hydroxyl groups is 2. The van der Waals surface area contributed by atoms with E-state index < -0.39 is 17.5 Å². The van der Waals surface area contributed by atoms with Crippen molar-refractivity contribution in [3.05, 3.63) is 53.3 Å². The van der Waals surface area contributed by atoms with E-state index in [1.165, 1.54) is 12.1 Å². The first-order chi connectivity index (χ1) is 8.97. The molecule has 2 aromatic carbocycles. The first-order valence-corrected chi connectivity index (χ1v) is 5.57. The van der Waals surface area contributed by atoms with E-state index in [9.17, 15) is 19.4 Å². The maximum atomic E-state index is 12.8. The molecule has 2 rings (SSSR count). The van der Waals surface area contributed by atoms with Crippen LogP contribution in [0.15, 0.2) is 36.4 Å². The Hall–Kier alpha value is -2.56. The average molecular weight is 261 g/mol. The molecule has 0 saturated heterocycles. The summed E-state index contributed by atoms with van der Waals surface area (Å²) in [7, 11) is 0. The van der Waals surface area contributed by atoms with E-state index in [4.69, 9.17) is 0 Å². The molecular formula is C14H12FNO3. The van der Waals surface area contributed by atoms with Gasteiger partial charge < -0.3 is 15.5 Å². The number of anilines is 1. The predicted octanol–water partition coefficient (Wildman–Crippen LogP) is 2.80. The summed E-state index contributed by atoms with van der Waals surface area (Å²) in [5.74, 6) is -1.79. The van der Waals surface area contributed by atoms with Crippen LogP contribution in [0.5, 0.6) is 11.5 Å². The van der Waals surface area contributed by atoms with Gasteiger partial charge in [0.05, 0.1) is 11.3 Å². The van der Waals surface area contributed by atoms with Crippen LogP contribution in [0.2, 0.25) is 0 Å². The minimum atomic E-state index is -0.632. The van der Waals surface area contributed by atoms with Crippen molar-refractivity contribution < 1.29 is 19.4 Å². The summed E-state index contributed by atoms with van der Waals surface area (Å²) < 4.78 is 12.8. The Labute approximate surface area is 109 Å². The Kier molecular flexibility index (Phi) is 3.37. The van der Waals surface area contributed by atoms with Gasteiger partial charge in [-0.3, -0.25) is 4.79 Å². The summed E-state index contributed by atoms with van der Waals surface area (Å²) in [4.78, 5) is 11.9. The van der Waals surface area contributed by atoms with Crippen LogP contribution in [0.1, 0.15) is 15.9 Å². The van der Waals surface area contributed by atoms with Gasteiger partial charge in [-0.1, -0.05) is 6.07 Å². The maximum absolute atomic E-state index is 12.8. The lowest BCUT2D eigenvalue weighted by Crippen LogP contribution is -2.12. The van der Waals surface area contributed by atoms with Gasteiger partial charge in [-0.05, 0) is 36.8 Å². The highest BCUT2D eigenvalue weighted by Gasteiger charge is 2.13. The molecule has 0 aromatic heterocycles. The number of hydrogen-bond acceptors (Lipinski definition) is 3. The second-order valence-corrected chi connectivity index (χ2v) is 4.14. The van der Waals surface area contributed by atoms with Crippen LogP contribution in [-0.2, 0) is 0 Å². The zero-order chi connectivity index (χ0) is 14.0. The Morgan fingerprint density at radius 3 is 2.47 bits per heavy atom. The van der Waals surface area contributed by atoms with Crippen LogP contribution in [-0.4, -0.2) is 16.1 Å². The Morgan fingerprint density at radius 1 is 1.11 bits per heavy atom. The zero-order valence-corrected chi connectivity index (χ0v) is 10.1. The molecule has 0 aliphatic carbocycles. The summed E-state index contributed by atoms with van der Waals surface area (Å²) in [5.41, 5.74) is 1.00. The van der Waals surface area contributed by atoms with E-state index in [0.29, 0.717) is 0 Å². The number of phenols is 2. The molecule has 1 amide bonds. The lowest BCUT2D eigenvalue weighted by molar-refractivity contribution is 0.102. The van der Waals surface area contributed by atoms with Crippen molar-refractivity contribution in [3.63, 3.8) is 0 Å². The second-order valence-electron chi connectivity index (χ2n) is 4.14. The summed E-state index contributed by atoms with van der Waals surface area (Å²) >= 11 is 0. The van der Waals surface area contributed by atoms with Crippen LogP contribution in [0.4, 0.5) is 10.1 Å². The van der Waals surface area contributed by atoms with E-state index in [1.54, 1.807) is 19.1 Å². The molecule has 19 heavy (non-hydrogen) atoms. The number of nitrogens with one attached hydrogen (secondary N) is 1. The monoisotopic (exact) mass is 261 g/mol. The molecular weight excluding hydrogens is 249 g/mol. The van der Waals surface area contributed by atoms with Crippen LogP contribution < -0.4 is 5.32 Å². The summed E-state index contributed by atoms with van der Waals surface area (Å²) in [6, 6.07) is 7.86. The topological polar surface area (TPSA) is 69.6 Å². The average Bonchev–Trinajstić information content (AvgIpc) is 2.32. The minimum Gasteiger partial charge on any atom is -0.507 e. The van der Waals surface area contributed by atoms with Crippen LogP contribution in [0.25, 0.3) is 0 Å². The van der Waals surface area contributed by atoms with Gasteiger partial charge in [-0.15, -0.1) is 0 Å². The molecule has 0 aliphatic rings. The van der Waals surface area contributed by atoms with Crippen LogP contribution in [0.3, 0.4) is 0 Å². The van der Waals surface area contributed by atoms with Gasteiger partial charge in [0.25, 0.3) is 5.91 Å². The molecule has 5 heteroatoms. The Morgan fingerprint density at radius 2 is 1.84 bits per heavy atom. The number of carbonyl (C=O) groups is 1. The van der Waals surface area contributed by atoms with E-state index in [2.05, 4.69) is 5.32 Å². The highest BCUT2D eigenvalue weighted by atomic mass is 19.1. The number of amides is 1. The zero-order valence-electron chi connectivity index (χ0n) is 10.1. The van der Waals surface area contributed by atoms with E-state index in [1.807, 2.05) is 0 Å². The molecule has 0 bridgehead atoms. The molecule has 0 radical (unpaired) electrons. The van der Waals surface area contributed by atoms with Crippen LogP contribution >= 0.6 is 0 Å². The quantitative estimate of drug-likeness (QED) is 0.728. The molecule has 0 spiro atoms. The lowest BCUT2D eigenvalue weighted by atomic mass is 10.1. The fourth-order valence-electron chi connectivity index (χ4n) is 1.63. The molecule has 0 saturated carbocycles. The lowest BCUT2D eigenvalue weighted by Gasteiger charge is -2.09. The summed E-state index contributed by atoms with van der Waals surface area (Å²) in [6.45, 7) is 1.80. The van der Waals surface area contributed by atoms with Gasteiger partial charge in [-0.25, -0.2) is 4.39 Å². The Balaban J connectivity index is 2.25. The van der Waals surface area contributed by atoms with Gasteiger partial charge in [-0.2, -0.15) is 0 Å². The summed E-state index contributed by atoms with van der Waals surface area (Å²) in [5, 5.41) is 21.6. The van der Waals surface area contributed by atoms with E-state index in [0.717, 1.165) is 17.7 Å². The number of aryl methyl sites for hydroxylation is 1. The van der Waals surface area contributed by atoms with Crippen molar-refractivity contribution in [1.82, 2.24) is 0 Å². The molecule has 0 fully saturated rings. The van der Waals surface area contributed by atoms with Gasteiger partial charge in [0.2, 0.25) is 0 Å². The van der Waals surface area contributed by atoms with Crippen molar-refractivity contribution in [3.8, 4) is 11.5 Å². The van der Waals surface area contributed by atoms with E-state index >= 15 is 0 Å². The van der Waals surface area contributed by atoms with Gasteiger partial charge in [0.15, 0.2) is 0 Å². The fraction of sp³-hybridized carbons (Fsp3) is 0.0714. The van der Waals surface area contributed by atoms with Crippen molar-refractivity contribution >= 4 is 11.6 Å². The smallest absolute Gasteiger partial charge is 0.259 e. The normalized spacial score (nSPS) is 10.2. The molecule has 2 aromatic rings. The van der Waals surface area contributed by atoms with E-state index in [-0.39, 0.29) is 17.0 Å². The van der Waals surface area contributed by atoms with Gasteiger partial charge in [0, 0.05) is 6.07 Å². The summed E-state index contributed by atoms with van der Waals surface area (Å²) in [6.07, 6.45) is 0. The minimum absolute atomic E-state index is 0.0682. The Bertz CT molecular complexity index is 641. The second kappa shape index (κ2) is 4.97. The van der Waals surface area contributed by atoms with Gasteiger partial charge >= 0.3 is 0 Å². The SMILES string of the molecule is Cc1ccc(NC(=O)c2ccc(F)cc2O)c(O)c1. The van der Waals surface area contributed by atoms with Crippen molar-refractivity contribution in [2.75, 3.05) is 5.32 Å². The van der Waals surface area contributed by atoms with Crippen molar-refractivity contribution in [2.24, 2.45) is 0 Å². The molecule has 3 N–H and O–H groups in total. The first kappa shape index (κ1) is 12.9. The van der Waals surface area contributed by atoms with Gasteiger partial charge in [0.1, 0.15) is 17.3 Å². The number of phenolic OH excluding ortho intramolecular Hbond substituents is 2. The fourth-order valence-corrected chi connectivity index (χ4v) is 1.63. The van der Waals surface area contributed by atoms with Crippen LogP contribution in [0, 0.1) is 12.7 Å². The molecule has 0 atom stereocenters. The third-order valence-electron chi connectivity index (χ3n) is 2.61. The standard InChI is InChI=1S/C14H12FNO3/c1-8-2-5-11(13(18)6-8)16-14(19)10-4-3-9(15)7-12(10)17/h2-7,17-18H,1H3,(H,16,19). The first-order valence-electron chi connectivity index (χ1n) is 5.57. The maximum Gasteiger partial charge on any atom is 0.259 e. The number of benzene rings is 2. The molecule has 0 aliphatic heterocycles. The van der Waals surface area contributed by atoms with Crippen molar-refractivity contribution in [2.45, 2.75) is 6.92 Å². The highest BCUT2D eigenvalue weighted by Crippen LogP contribution is 2.26. The highest BCUT2D eigenvalue weighted by molar-refractivity contribution is 6.06.